The fourth-order valence-corrected chi connectivity index (χ4v) is 2.40. The summed E-state index contributed by atoms with van der Waals surface area (Å²) in [6.07, 6.45) is 1.08. The van der Waals surface area contributed by atoms with Crippen LogP contribution in [-0.2, 0) is 9.47 Å². The van der Waals surface area contributed by atoms with Gasteiger partial charge in [0.15, 0.2) is 0 Å². The highest BCUT2D eigenvalue weighted by Gasteiger charge is 2.18. The molecule has 1 aromatic carbocycles. The minimum absolute atomic E-state index is 0.516. The predicted octanol–water partition coefficient (Wildman–Crippen LogP) is 2.99. The van der Waals surface area contributed by atoms with Crippen LogP contribution in [0.5, 0.6) is 0 Å². The van der Waals surface area contributed by atoms with Crippen molar-refractivity contribution in [2.45, 2.75) is 26.2 Å². The van der Waals surface area contributed by atoms with Gasteiger partial charge in [-0.25, -0.2) is 0 Å². The molecule has 0 aromatic heterocycles. The first-order valence-corrected chi connectivity index (χ1v) is 7.44. The Bertz CT molecular complexity index is 351. The van der Waals surface area contributed by atoms with Gasteiger partial charge in [0.05, 0.1) is 6.61 Å². The molecule has 1 aromatic rings. The number of ether oxygens (including phenoxy) is 2. The van der Waals surface area contributed by atoms with Crippen LogP contribution in [0.25, 0.3) is 0 Å². The molecule has 0 aliphatic carbocycles. The molecule has 0 saturated carbocycles. The van der Waals surface area contributed by atoms with E-state index in [1.165, 1.54) is 11.1 Å². The van der Waals surface area contributed by atoms with Crippen molar-refractivity contribution in [2.24, 2.45) is 5.92 Å². The number of benzene rings is 1. The molecule has 0 fully saturated rings. The van der Waals surface area contributed by atoms with Crippen LogP contribution >= 0.6 is 0 Å². The van der Waals surface area contributed by atoms with Crippen LogP contribution in [0, 0.1) is 12.8 Å². The van der Waals surface area contributed by atoms with E-state index in [4.69, 9.17) is 9.47 Å². The minimum atomic E-state index is 0.516. The zero-order chi connectivity index (χ0) is 14.8. The van der Waals surface area contributed by atoms with E-state index in [9.17, 15) is 0 Å². The third-order valence-corrected chi connectivity index (χ3v) is 3.82. The average Bonchev–Trinajstić information content (AvgIpc) is 2.46. The molecule has 20 heavy (non-hydrogen) atoms. The number of aryl methyl sites for hydroxylation is 1. The van der Waals surface area contributed by atoms with E-state index < -0.39 is 0 Å². The van der Waals surface area contributed by atoms with Gasteiger partial charge in [0.25, 0.3) is 0 Å². The van der Waals surface area contributed by atoms with Gasteiger partial charge in [-0.05, 0) is 30.7 Å². The van der Waals surface area contributed by atoms with E-state index in [0.29, 0.717) is 11.8 Å². The maximum absolute atomic E-state index is 5.22. The van der Waals surface area contributed by atoms with Crippen LogP contribution in [0.15, 0.2) is 24.3 Å². The summed E-state index contributed by atoms with van der Waals surface area (Å²) in [4.78, 5) is 0. The Kier molecular flexibility index (Phi) is 8.51. The molecule has 0 spiro atoms. The summed E-state index contributed by atoms with van der Waals surface area (Å²) in [5.74, 6) is 1.11. The molecule has 0 aliphatic rings. The quantitative estimate of drug-likeness (QED) is 0.668. The van der Waals surface area contributed by atoms with Crippen molar-refractivity contribution >= 4 is 0 Å². The number of hydrogen-bond acceptors (Lipinski definition) is 3. The maximum Gasteiger partial charge on any atom is 0.0587 e. The zero-order valence-corrected chi connectivity index (χ0v) is 13.3. The molecule has 0 bridgehead atoms. The Morgan fingerprint density at radius 3 is 2.30 bits per heavy atom. The smallest absolute Gasteiger partial charge is 0.0587 e. The number of rotatable bonds is 10. The highest BCUT2D eigenvalue weighted by molar-refractivity contribution is 5.25. The molecule has 0 amide bonds. The topological polar surface area (TPSA) is 30.5 Å². The fourth-order valence-electron chi connectivity index (χ4n) is 2.40. The first-order chi connectivity index (χ1) is 9.69. The lowest BCUT2D eigenvalue weighted by atomic mass is 9.85. The normalized spacial score (nSPS) is 14.2. The molecule has 1 N–H and O–H groups in total. The molecular weight excluding hydrogens is 250 g/mol. The van der Waals surface area contributed by atoms with Crippen LogP contribution in [0.3, 0.4) is 0 Å². The minimum Gasteiger partial charge on any atom is -0.385 e. The number of hydrogen-bond donors (Lipinski definition) is 1. The number of methoxy groups -OCH3 is 2. The first-order valence-electron chi connectivity index (χ1n) is 7.44. The van der Waals surface area contributed by atoms with E-state index in [2.05, 4.69) is 43.4 Å². The molecule has 2 atom stereocenters. The second kappa shape index (κ2) is 9.92. The summed E-state index contributed by atoms with van der Waals surface area (Å²) in [5, 5.41) is 3.49. The second-order valence-corrected chi connectivity index (χ2v) is 5.47. The monoisotopic (exact) mass is 279 g/mol. The van der Waals surface area contributed by atoms with Crippen molar-refractivity contribution in [2.75, 3.05) is 40.5 Å². The summed E-state index contributed by atoms with van der Waals surface area (Å²) < 4.78 is 10.3. The van der Waals surface area contributed by atoms with Crippen LogP contribution in [0.2, 0.25) is 0 Å². The molecule has 1 rings (SSSR count). The second-order valence-electron chi connectivity index (χ2n) is 5.47. The van der Waals surface area contributed by atoms with Crippen LogP contribution in [0.1, 0.15) is 30.4 Å². The van der Waals surface area contributed by atoms with Gasteiger partial charge < -0.3 is 14.8 Å². The molecule has 3 nitrogen and oxygen atoms in total. The van der Waals surface area contributed by atoms with Crippen LogP contribution in [-0.4, -0.2) is 40.5 Å². The number of nitrogens with one attached hydrogen (secondary N) is 1. The molecule has 0 aliphatic heterocycles. The summed E-state index contributed by atoms with van der Waals surface area (Å²) >= 11 is 0. The van der Waals surface area contributed by atoms with E-state index >= 15 is 0 Å². The Hall–Kier alpha value is -0.900. The predicted molar refractivity (Wildman–Crippen MR) is 84.3 cm³/mol. The lowest BCUT2D eigenvalue weighted by molar-refractivity contribution is 0.172. The molecule has 3 heteroatoms. The van der Waals surface area contributed by atoms with Crippen molar-refractivity contribution < 1.29 is 9.47 Å². The van der Waals surface area contributed by atoms with Gasteiger partial charge in [-0.15, -0.1) is 0 Å². The third kappa shape index (κ3) is 6.04. The highest BCUT2D eigenvalue weighted by Crippen LogP contribution is 2.26. The largest absolute Gasteiger partial charge is 0.385 e. The molecule has 2 unspecified atom stereocenters. The van der Waals surface area contributed by atoms with E-state index in [1.807, 2.05) is 0 Å². The molecular formula is C17H29NO2. The molecule has 0 radical (unpaired) electrons. The fraction of sp³-hybridized carbons (Fsp3) is 0.647. The molecule has 0 heterocycles. The lowest BCUT2D eigenvalue weighted by Gasteiger charge is -2.25. The molecule has 0 saturated heterocycles. The molecule has 114 valence electrons. The Morgan fingerprint density at radius 2 is 1.70 bits per heavy atom. The Labute approximate surface area is 123 Å². The van der Waals surface area contributed by atoms with Gasteiger partial charge in [0.1, 0.15) is 0 Å². The van der Waals surface area contributed by atoms with E-state index in [-0.39, 0.29) is 0 Å². The Morgan fingerprint density at radius 1 is 1.05 bits per heavy atom. The third-order valence-electron chi connectivity index (χ3n) is 3.82. The maximum atomic E-state index is 5.22. The summed E-state index contributed by atoms with van der Waals surface area (Å²) in [5.41, 5.74) is 2.72. The van der Waals surface area contributed by atoms with Gasteiger partial charge in [0, 0.05) is 33.9 Å². The average molecular weight is 279 g/mol. The van der Waals surface area contributed by atoms with Crippen molar-refractivity contribution in [3.05, 3.63) is 35.4 Å². The first kappa shape index (κ1) is 17.2. The highest BCUT2D eigenvalue weighted by atomic mass is 16.5. The van der Waals surface area contributed by atoms with Crippen molar-refractivity contribution in [3.63, 3.8) is 0 Å². The zero-order valence-electron chi connectivity index (χ0n) is 13.3. The van der Waals surface area contributed by atoms with E-state index in [0.717, 1.165) is 32.7 Å². The van der Waals surface area contributed by atoms with Gasteiger partial charge in [-0.1, -0.05) is 36.8 Å². The van der Waals surface area contributed by atoms with Gasteiger partial charge in [-0.3, -0.25) is 0 Å². The summed E-state index contributed by atoms with van der Waals surface area (Å²) in [6, 6.07) is 8.89. The van der Waals surface area contributed by atoms with Crippen molar-refractivity contribution in [1.82, 2.24) is 5.32 Å². The Balaban J connectivity index is 2.64. The standard InChI is InChI=1S/C17H29NO2/c1-14-5-7-16(8-6-14)17(13-18-10-12-20-4)15(2)9-11-19-3/h5-8,15,17-18H,9-13H2,1-4H3. The summed E-state index contributed by atoms with van der Waals surface area (Å²) in [6.45, 7) is 7.90. The van der Waals surface area contributed by atoms with Gasteiger partial charge >= 0.3 is 0 Å². The van der Waals surface area contributed by atoms with Crippen molar-refractivity contribution in [3.8, 4) is 0 Å². The van der Waals surface area contributed by atoms with E-state index in [1.54, 1.807) is 14.2 Å². The van der Waals surface area contributed by atoms with Gasteiger partial charge in [-0.2, -0.15) is 0 Å². The summed E-state index contributed by atoms with van der Waals surface area (Å²) in [7, 11) is 3.50. The van der Waals surface area contributed by atoms with Crippen molar-refractivity contribution in [1.29, 1.82) is 0 Å². The van der Waals surface area contributed by atoms with Gasteiger partial charge in [0.2, 0.25) is 0 Å². The lowest BCUT2D eigenvalue weighted by Crippen LogP contribution is -2.28. The van der Waals surface area contributed by atoms with Crippen LogP contribution in [0.4, 0.5) is 0 Å². The SMILES string of the molecule is COCCNCC(c1ccc(C)cc1)C(C)CCOC. The van der Waals surface area contributed by atoms with Crippen LogP contribution < -0.4 is 5.32 Å².